The molecule has 0 unspecified atom stereocenters. The first kappa shape index (κ1) is 17.0. The fourth-order valence-corrected chi connectivity index (χ4v) is 2.42. The van der Waals surface area contributed by atoms with Gasteiger partial charge < -0.3 is 14.0 Å². The predicted octanol–water partition coefficient (Wildman–Crippen LogP) is 4.63. The largest absolute Gasteiger partial charge is 0.493 e. The Bertz CT molecular complexity index is 924. The van der Waals surface area contributed by atoms with Crippen molar-refractivity contribution in [3.63, 3.8) is 0 Å². The molecule has 0 atom stereocenters. The van der Waals surface area contributed by atoms with Crippen molar-refractivity contribution < 1.29 is 18.4 Å². The molecule has 0 aliphatic heterocycles. The number of nitrogens with zero attached hydrogens (tertiary/aromatic N) is 2. The Kier molecular flexibility index (Phi) is 5.00. The van der Waals surface area contributed by atoms with Crippen molar-refractivity contribution >= 4 is 22.7 Å². The van der Waals surface area contributed by atoms with Crippen LogP contribution >= 0.6 is 11.6 Å². The number of ether oxygens (including phenoxy) is 2. The van der Waals surface area contributed by atoms with Gasteiger partial charge in [0.15, 0.2) is 11.5 Å². The van der Waals surface area contributed by atoms with Crippen LogP contribution in [0.15, 0.2) is 47.0 Å². The molecule has 5 nitrogen and oxygen atoms in total. The quantitative estimate of drug-likeness (QED) is 0.664. The molecule has 128 valence electrons. The average Bonchev–Trinajstić information content (AvgIpc) is 3.11. The second kappa shape index (κ2) is 7.36. The molecule has 0 radical (unpaired) electrons. The topological polar surface area (TPSA) is 57.4 Å². The number of methoxy groups -OCH3 is 2. The van der Waals surface area contributed by atoms with Crippen molar-refractivity contribution in [3.8, 4) is 22.9 Å². The summed E-state index contributed by atoms with van der Waals surface area (Å²) in [5.41, 5.74) is 1.28. The van der Waals surface area contributed by atoms with E-state index in [1.54, 1.807) is 50.6 Å². The van der Waals surface area contributed by atoms with Crippen molar-refractivity contribution in [1.29, 1.82) is 0 Å². The summed E-state index contributed by atoms with van der Waals surface area (Å²) in [6.45, 7) is 0. The van der Waals surface area contributed by atoms with Gasteiger partial charge in [0, 0.05) is 5.56 Å². The first-order valence-electron chi connectivity index (χ1n) is 7.30. The Labute approximate surface area is 148 Å². The fraction of sp³-hybridized carbons (Fsp3) is 0.111. The van der Waals surface area contributed by atoms with E-state index in [9.17, 15) is 4.39 Å². The molecule has 0 N–H and O–H groups in total. The van der Waals surface area contributed by atoms with Gasteiger partial charge in [-0.05, 0) is 42.0 Å². The van der Waals surface area contributed by atoms with Gasteiger partial charge >= 0.3 is 0 Å². The third-order valence-corrected chi connectivity index (χ3v) is 3.68. The van der Waals surface area contributed by atoms with Crippen LogP contribution in [0.4, 0.5) is 4.39 Å². The lowest BCUT2D eigenvalue weighted by atomic mass is 10.2. The lowest BCUT2D eigenvalue weighted by molar-refractivity contribution is 0.355. The van der Waals surface area contributed by atoms with Crippen molar-refractivity contribution in [1.82, 2.24) is 10.1 Å². The summed E-state index contributed by atoms with van der Waals surface area (Å²) in [4.78, 5) is 4.26. The van der Waals surface area contributed by atoms with E-state index in [1.165, 1.54) is 12.1 Å². The lowest BCUT2D eigenvalue weighted by Gasteiger charge is -2.07. The summed E-state index contributed by atoms with van der Waals surface area (Å²) < 4.78 is 28.9. The van der Waals surface area contributed by atoms with Crippen LogP contribution in [0.25, 0.3) is 22.5 Å². The molecule has 1 heterocycles. The third-order valence-electron chi connectivity index (χ3n) is 3.41. The summed E-state index contributed by atoms with van der Waals surface area (Å²) in [7, 11) is 3.10. The first-order valence-corrected chi connectivity index (χ1v) is 7.67. The Hall–Kier alpha value is -2.86. The van der Waals surface area contributed by atoms with E-state index in [0.717, 1.165) is 0 Å². The van der Waals surface area contributed by atoms with E-state index in [0.29, 0.717) is 28.5 Å². The highest BCUT2D eigenvalue weighted by molar-refractivity contribution is 6.50. The number of hydrogen-bond acceptors (Lipinski definition) is 5. The van der Waals surface area contributed by atoms with Gasteiger partial charge in [-0.3, -0.25) is 0 Å². The summed E-state index contributed by atoms with van der Waals surface area (Å²) >= 11 is 6.20. The Morgan fingerprint density at radius 3 is 2.64 bits per heavy atom. The minimum Gasteiger partial charge on any atom is -0.493 e. The molecule has 0 aliphatic rings. The highest BCUT2D eigenvalue weighted by atomic mass is 35.5. The van der Waals surface area contributed by atoms with E-state index in [2.05, 4.69) is 10.1 Å². The highest BCUT2D eigenvalue weighted by Gasteiger charge is 2.14. The molecule has 0 fully saturated rings. The molecule has 3 aromatic rings. The molecule has 0 spiro atoms. The van der Waals surface area contributed by atoms with E-state index < -0.39 is 0 Å². The van der Waals surface area contributed by atoms with Crippen LogP contribution in [-0.2, 0) is 0 Å². The normalized spacial score (nSPS) is 11.4. The maximum Gasteiger partial charge on any atom is 0.269 e. The van der Waals surface area contributed by atoms with Crippen molar-refractivity contribution in [3.05, 3.63) is 59.7 Å². The standard InChI is InChI=1S/C18H14ClFN2O3/c1-23-15-7-6-12(10-16(15)24-2)17-21-18(25-22-17)14(19)9-11-4-3-5-13(20)8-11/h3-10H,1-2H3/b14-9-. The summed E-state index contributed by atoms with van der Waals surface area (Å²) in [5.74, 6) is 1.28. The Morgan fingerprint density at radius 2 is 1.92 bits per heavy atom. The zero-order valence-electron chi connectivity index (χ0n) is 13.5. The third kappa shape index (κ3) is 3.80. The minimum absolute atomic E-state index is 0.135. The summed E-state index contributed by atoms with van der Waals surface area (Å²) in [6, 6.07) is 11.3. The van der Waals surface area contributed by atoms with Crippen LogP contribution in [-0.4, -0.2) is 24.4 Å². The van der Waals surface area contributed by atoms with E-state index in [1.807, 2.05) is 0 Å². The molecule has 0 amide bonds. The van der Waals surface area contributed by atoms with Crippen LogP contribution < -0.4 is 9.47 Å². The Morgan fingerprint density at radius 1 is 1.12 bits per heavy atom. The molecule has 7 heteroatoms. The van der Waals surface area contributed by atoms with Gasteiger partial charge in [0.05, 0.1) is 14.2 Å². The summed E-state index contributed by atoms with van der Waals surface area (Å²) in [5, 5.41) is 4.13. The van der Waals surface area contributed by atoms with Gasteiger partial charge in [-0.15, -0.1) is 0 Å². The second-order valence-electron chi connectivity index (χ2n) is 5.04. The maximum absolute atomic E-state index is 13.2. The van der Waals surface area contributed by atoms with Gasteiger partial charge in [0.2, 0.25) is 5.82 Å². The van der Waals surface area contributed by atoms with Crippen molar-refractivity contribution in [2.75, 3.05) is 14.2 Å². The van der Waals surface area contributed by atoms with Crippen LogP contribution in [0.1, 0.15) is 11.5 Å². The second-order valence-corrected chi connectivity index (χ2v) is 5.45. The van der Waals surface area contributed by atoms with Gasteiger partial charge in [0.25, 0.3) is 5.89 Å². The van der Waals surface area contributed by atoms with E-state index in [4.69, 9.17) is 25.6 Å². The van der Waals surface area contributed by atoms with Gasteiger partial charge in [-0.25, -0.2) is 4.39 Å². The molecule has 1 aromatic heterocycles. The molecule has 25 heavy (non-hydrogen) atoms. The molecule has 0 aliphatic carbocycles. The van der Waals surface area contributed by atoms with Gasteiger partial charge in [-0.2, -0.15) is 4.98 Å². The van der Waals surface area contributed by atoms with Crippen molar-refractivity contribution in [2.45, 2.75) is 0 Å². The highest BCUT2D eigenvalue weighted by Crippen LogP contribution is 2.32. The van der Waals surface area contributed by atoms with Crippen LogP contribution in [0.2, 0.25) is 0 Å². The Balaban J connectivity index is 1.89. The molecule has 0 bridgehead atoms. The number of halogens is 2. The van der Waals surface area contributed by atoms with E-state index >= 15 is 0 Å². The molecular weight excluding hydrogens is 347 g/mol. The van der Waals surface area contributed by atoms with Crippen LogP contribution in [0, 0.1) is 5.82 Å². The zero-order valence-corrected chi connectivity index (χ0v) is 14.2. The molecule has 2 aromatic carbocycles. The van der Waals surface area contributed by atoms with Gasteiger partial charge in [-0.1, -0.05) is 28.9 Å². The average molecular weight is 361 g/mol. The zero-order chi connectivity index (χ0) is 17.8. The number of benzene rings is 2. The lowest BCUT2D eigenvalue weighted by Crippen LogP contribution is -1.91. The number of hydrogen-bond donors (Lipinski definition) is 0. The molecular formula is C18H14ClFN2O3. The molecule has 0 saturated heterocycles. The van der Waals surface area contributed by atoms with E-state index in [-0.39, 0.29) is 16.7 Å². The maximum atomic E-state index is 13.2. The van der Waals surface area contributed by atoms with Gasteiger partial charge in [0.1, 0.15) is 10.8 Å². The smallest absolute Gasteiger partial charge is 0.269 e. The van der Waals surface area contributed by atoms with Crippen LogP contribution in [0.3, 0.4) is 0 Å². The SMILES string of the molecule is COc1ccc(-c2noc(/C(Cl)=C/c3cccc(F)c3)n2)cc1OC. The van der Waals surface area contributed by atoms with Crippen molar-refractivity contribution in [2.24, 2.45) is 0 Å². The molecule has 0 saturated carbocycles. The van der Waals surface area contributed by atoms with Crippen LogP contribution in [0.5, 0.6) is 11.5 Å². The minimum atomic E-state index is -0.352. The summed E-state index contributed by atoms with van der Waals surface area (Å²) in [6.07, 6.45) is 1.55. The first-order chi connectivity index (χ1) is 12.1. The number of rotatable bonds is 5. The number of aromatic nitrogens is 2. The predicted molar refractivity (Wildman–Crippen MR) is 93.0 cm³/mol. The molecule has 3 rings (SSSR count). The fourth-order valence-electron chi connectivity index (χ4n) is 2.22. The monoisotopic (exact) mass is 360 g/mol.